The second kappa shape index (κ2) is 5.07. The summed E-state index contributed by atoms with van der Waals surface area (Å²) in [6.45, 7) is 3.19. The van der Waals surface area contributed by atoms with Gasteiger partial charge in [0.1, 0.15) is 6.33 Å². The Morgan fingerprint density at radius 3 is 3.00 bits per heavy atom. The molecule has 21 heavy (non-hydrogen) atoms. The molecule has 0 saturated carbocycles. The molecule has 7 nitrogen and oxygen atoms in total. The normalized spacial score (nSPS) is 28.2. The molecular formula is C14H17N3O4. The maximum Gasteiger partial charge on any atom is 0.311 e. The molecule has 112 valence electrons. The van der Waals surface area contributed by atoms with E-state index in [0.29, 0.717) is 37.4 Å². The maximum absolute atomic E-state index is 12.6. The summed E-state index contributed by atoms with van der Waals surface area (Å²) in [5.74, 6) is -1.20. The summed E-state index contributed by atoms with van der Waals surface area (Å²) in [5.41, 5.74) is 0.153. The lowest BCUT2D eigenvalue weighted by atomic mass is 9.74. The van der Waals surface area contributed by atoms with Gasteiger partial charge in [-0.3, -0.25) is 9.59 Å². The molecule has 3 heterocycles. The van der Waals surface area contributed by atoms with Crippen LogP contribution in [0.1, 0.15) is 22.5 Å². The number of rotatable bonds is 2. The molecule has 0 aromatic carbocycles. The second-order valence-corrected chi connectivity index (χ2v) is 5.69. The van der Waals surface area contributed by atoms with E-state index in [4.69, 9.17) is 4.74 Å². The molecule has 0 aliphatic carbocycles. The van der Waals surface area contributed by atoms with Gasteiger partial charge in [-0.2, -0.15) is 0 Å². The summed E-state index contributed by atoms with van der Waals surface area (Å²) in [6.07, 6.45) is 3.32. The Morgan fingerprint density at radius 2 is 2.33 bits per heavy atom. The fourth-order valence-corrected chi connectivity index (χ4v) is 3.23. The predicted molar refractivity (Wildman–Crippen MR) is 71.7 cm³/mol. The standard InChI is InChI=1S/C14H17N3O4/c1-9-11(4-15-8-16-9)12(18)17-5-10-6-21-3-2-14(10,7-17)13(19)20/h4,8,10H,2-3,5-7H2,1H3,(H,19,20)/t10-,14+/m0/s1. The van der Waals surface area contributed by atoms with Crippen LogP contribution in [0.5, 0.6) is 0 Å². The van der Waals surface area contributed by atoms with Crippen LogP contribution in [0, 0.1) is 18.3 Å². The first-order chi connectivity index (χ1) is 10.0. The van der Waals surface area contributed by atoms with E-state index < -0.39 is 11.4 Å². The van der Waals surface area contributed by atoms with E-state index in [1.54, 1.807) is 11.8 Å². The molecule has 3 rings (SSSR count). The zero-order chi connectivity index (χ0) is 15.0. The molecule has 0 unspecified atom stereocenters. The van der Waals surface area contributed by atoms with E-state index in [2.05, 4.69) is 9.97 Å². The third-order valence-electron chi connectivity index (χ3n) is 4.56. The van der Waals surface area contributed by atoms with E-state index in [9.17, 15) is 14.7 Å². The number of aryl methyl sites for hydroxylation is 1. The van der Waals surface area contributed by atoms with Gasteiger partial charge in [-0.05, 0) is 13.3 Å². The van der Waals surface area contributed by atoms with Gasteiger partial charge in [0.05, 0.1) is 23.3 Å². The molecule has 2 fully saturated rings. The Balaban J connectivity index is 1.87. The minimum atomic E-state index is -0.878. The first-order valence-corrected chi connectivity index (χ1v) is 6.91. The van der Waals surface area contributed by atoms with Crippen molar-refractivity contribution in [2.24, 2.45) is 11.3 Å². The number of ether oxygens (including phenoxy) is 1. The third kappa shape index (κ3) is 2.17. The number of carboxylic acids is 1. The number of hydrogen-bond acceptors (Lipinski definition) is 5. The zero-order valence-electron chi connectivity index (χ0n) is 11.8. The molecule has 1 aromatic rings. The highest BCUT2D eigenvalue weighted by Gasteiger charge is 2.55. The van der Waals surface area contributed by atoms with Crippen molar-refractivity contribution < 1.29 is 19.4 Å². The monoisotopic (exact) mass is 291 g/mol. The molecule has 7 heteroatoms. The summed E-state index contributed by atoms with van der Waals surface area (Å²) >= 11 is 0. The van der Waals surface area contributed by atoms with Crippen LogP contribution in [0.2, 0.25) is 0 Å². The number of carboxylic acid groups (broad SMARTS) is 1. The Hall–Kier alpha value is -2.02. The first kappa shape index (κ1) is 13.9. The van der Waals surface area contributed by atoms with Gasteiger partial charge in [-0.25, -0.2) is 9.97 Å². The number of fused-ring (bicyclic) bond motifs is 1. The number of aromatic nitrogens is 2. The van der Waals surface area contributed by atoms with Gasteiger partial charge in [-0.1, -0.05) is 0 Å². The quantitative estimate of drug-likeness (QED) is 0.845. The van der Waals surface area contributed by atoms with E-state index in [0.717, 1.165) is 0 Å². The SMILES string of the molecule is Cc1ncncc1C(=O)N1C[C@H]2COCC[C@@]2(C(=O)O)C1. The lowest BCUT2D eigenvalue weighted by molar-refractivity contribution is -0.157. The van der Waals surface area contributed by atoms with E-state index >= 15 is 0 Å². The Kier molecular flexibility index (Phi) is 3.36. The summed E-state index contributed by atoms with van der Waals surface area (Å²) in [7, 11) is 0. The lowest BCUT2D eigenvalue weighted by Gasteiger charge is -2.33. The molecule has 1 amide bonds. The van der Waals surface area contributed by atoms with Crippen LogP contribution in [-0.4, -0.2) is 58.2 Å². The van der Waals surface area contributed by atoms with Crippen molar-refractivity contribution in [1.82, 2.24) is 14.9 Å². The molecular weight excluding hydrogens is 274 g/mol. The van der Waals surface area contributed by atoms with Gasteiger partial charge >= 0.3 is 5.97 Å². The highest BCUT2D eigenvalue weighted by molar-refractivity contribution is 5.95. The van der Waals surface area contributed by atoms with Gasteiger partial charge in [0.2, 0.25) is 0 Å². The molecule has 2 aliphatic rings. The van der Waals surface area contributed by atoms with Crippen molar-refractivity contribution in [2.75, 3.05) is 26.3 Å². The number of carbonyl (C=O) groups excluding carboxylic acids is 1. The molecule has 0 bridgehead atoms. The summed E-state index contributed by atoms with van der Waals surface area (Å²) in [4.78, 5) is 33.8. The van der Waals surface area contributed by atoms with Gasteiger partial charge < -0.3 is 14.7 Å². The van der Waals surface area contributed by atoms with Gasteiger partial charge in [-0.15, -0.1) is 0 Å². The van der Waals surface area contributed by atoms with Crippen molar-refractivity contribution >= 4 is 11.9 Å². The number of nitrogens with zero attached hydrogens (tertiary/aromatic N) is 3. The smallest absolute Gasteiger partial charge is 0.311 e. The highest BCUT2D eigenvalue weighted by atomic mass is 16.5. The van der Waals surface area contributed by atoms with Crippen molar-refractivity contribution in [2.45, 2.75) is 13.3 Å². The zero-order valence-corrected chi connectivity index (χ0v) is 11.8. The van der Waals surface area contributed by atoms with Gasteiger partial charge in [0.15, 0.2) is 0 Å². The van der Waals surface area contributed by atoms with Gasteiger partial charge in [0.25, 0.3) is 5.91 Å². The van der Waals surface area contributed by atoms with Gasteiger partial charge in [0, 0.05) is 31.8 Å². The Labute approximate surface area is 121 Å². The molecule has 0 radical (unpaired) electrons. The molecule has 0 spiro atoms. The largest absolute Gasteiger partial charge is 0.481 e. The third-order valence-corrected chi connectivity index (χ3v) is 4.56. The predicted octanol–water partition coefficient (Wildman–Crippen LogP) is 0.348. The average molecular weight is 291 g/mol. The molecule has 2 saturated heterocycles. The number of carbonyl (C=O) groups is 2. The Morgan fingerprint density at radius 1 is 1.52 bits per heavy atom. The minimum absolute atomic E-state index is 0.155. The van der Waals surface area contributed by atoms with Crippen LogP contribution >= 0.6 is 0 Å². The minimum Gasteiger partial charge on any atom is -0.481 e. The fourth-order valence-electron chi connectivity index (χ4n) is 3.23. The van der Waals surface area contributed by atoms with Crippen molar-refractivity contribution in [3.63, 3.8) is 0 Å². The topological polar surface area (TPSA) is 92.6 Å². The van der Waals surface area contributed by atoms with Crippen molar-refractivity contribution in [1.29, 1.82) is 0 Å². The summed E-state index contributed by atoms with van der Waals surface area (Å²) in [6, 6.07) is 0. The molecule has 2 atom stereocenters. The maximum atomic E-state index is 12.6. The van der Waals surface area contributed by atoms with Crippen molar-refractivity contribution in [3.8, 4) is 0 Å². The van der Waals surface area contributed by atoms with Crippen LogP contribution < -0.4 is 0 Å². The van der Waals surface area contributed by atoms with E-state index in [1.807, 2.05) is 0 Å². The fraction of sp³-hybridized carbons (Fsp3) is 0.571. The van der Waals surface area contributed by atoms with Crippen LogP contribution in [0.3, 0.4) is 0 Å². The van der Waals surface area contributed by atoms with Crippen LogP contribution in [0.25, 0.3) is 0 Å². The number of likely N-dealkylation sites (tertiary alicyclic amines) is 1. The molecule has 1 N–H and O–H groups in total. The molecule has 2 aliphatic heterocycles. The number of aliphatic carboxylic acids is 1. The van der Waals surface area contributed by atoms with E-state index in [1.165, 1.54) is 12.5 Å². The molecule has 1 aromatic heterocycles. The number of amides is 1. The summed E-state index contributed by atoms with van der Waals surface area (Å²) < 4.78 is 5.39. The number of hydrogen-bond donors (Lipinski definition) is 1. The van der Waals surface area contributed by atoms with Crippen LogP contribution in [0.4, 0.5) is 0 Å². The highest BCUT2D eigenvalue weighted by Crippen LogP contribution is 2.42. The first-order valence-electron chi connectivity index (χ1n) is 6.91. The van der Waals surface area contributed by atoms with E-state index in [-0.39, 0.29) is 18.4 Å². The summed E-state index contributed by atoms with van der Waals surface area (Å²) in [5, 5.41) is 9.61. The average Bonchev–Trinajstić information content (AvgIpc) is 2.88. The lowest BCUT2D eigenvalue weighted by Crippen LogP contribution is -2.45. The Bertz CT molecular complexity index is 591. The van der Waals surface area contributed by atoms with Crippen LogP contribution in [-0.2, 0) is 9.53 Å². The van der Waals surface area contributed by atoms with Crippen molar-refractivity contribution in [3.05, 3.63) is 23.8 Å². The second-order valence-electron chi connectivity index (χ2n) is 5.69. The van der Waals surface area contributed by atoms with Crippen LogP contribution in [0.15, 0.2) is 12.5 Å².